The molecule has 3 aromatic carbocycles. The zero-order valence-electron chi connectivity index (χ0n) is 17.8. The molecule has 35 heavy (non-hydrogen) atoms. The lowest BCUT2D eigenvalue weighted by Gasteiger charge is -2.26. The lowest BCUT2D eigenvalue weighted by molar-refractivity contribution is -0.122. The van der Waals surface area contributed by atoms with Crippen molar-refractivity contribution in [3.63, 3.8) is 0 Å². The van der Waals surface area contributed by atoms with Gasteiger partial charge in [0, 0.05) is 0 Å². The smallest absolute Gasteiger partial charge is 0.336 e. The van der Waals surface area contributed by atoms with Gasteiger partial charge in [0.05, 0.1) is 14.8 Å². The summed E-state index contributed by atoms with van der Waals surface area (Å²) in [5.41, 5.74) is 0.865. The second kappa shape index (κ2) is 10.1. The Bertz CT molecular complexity index is 1390. The molecule has 2 N–H and O–H groups in total. The van der Waals surface area contributed by atoms with E-state index in [-0.39, 0.29) is 23.4 Å². The van der Waals surface area contributed by atoms with Gasteiger partial charge < -0.3 is 9.84 Å². The summed E-state index contributed by atoms with van der Waals surface area (Å²) in [6.07, 6.45) is 1.31. The van der Waals surface area contributed by atoms with Crippen molar-refractivity contribution in [3.05, 3.63) is 98.4 Å². The molecule has 1 heterocycles. The molecule has 1 aliphatic heterocycles. The molecule has 0 bridgehead atoms. The first kappa shape index (κ1) is 24.1. The third-order valence-electron chi connectivity index (χ3n) is 5.06. The Kier molecular flexibility index (Phi) is 6.92. The van der Waals surface area contributed by atoms with Crippen LogP contribution < -0.4 is 15.0 Å². The van der Waals surface area contributed by atoms with Crippen molar-refractivity contribution in [2.45, 2.75) is 6.61 Å². The molecule has 4 rings (SSSR count). The number of nitrogens with zero attached hydrogens (tertiary/aromatic N) is 1. The van der Waals surface area contributed by atoms with Gasteiger partial charge in [-0.25, -0.2) is 18.9 Å². The Morgan fingerprint density at radius 2 is 1.77 bits per heavy atom. The summed E-state index contributed by atoms with van der Waals surface area (Å²) in [5.74, 6) is -3.07. The Balaban J connectivity index is 1.53. The zero-order valence-corrected chi connectivity index (χ0v) is 20.0. The fourth-order valence-corrected chi connectivity index (χ4v) is 4.00. The van der Waals surface area contributed by atoms with Crippen LogP contribution >= 0.6 is 22.6 Å². The van der Waals surface area contributed by atoms with Crippen molar-refractivity contribution in [1.29, 1.82) is 0 Å². The van der Waals surface area contributed by atoms with Gasteiger partial charge in [0.2, 0.25) is 0 Å². The molecule has 1 aliphatic rings. The van der Waals surface area contributed by atoms with E-state index in [2.05, 4.69) is 5.32 Å². The Morgan fingerprint density at radius 3 is 2.43 bits per heavy atom. The molecule has 0 unspecified atom stereocenters. The van der Waals surface area contributed by atoms with E-state index in [0.717, 1.165) is 11.6 Å². The van der Waals surface area contributed by atoms with Gasteiger partial charge in [0.25, 0.3) is 11.8 Å². The van der Waals surface area contributed by atoms with Crippen LogP contribution in [0.1, 0.15) is 21.5 Å². The number of aromatic carboxylic acids is 1. The van der Waals surface area contributed by atoms with Crippen LogP contribution in [0.3, 0.4) is 0 Å². The van der Waals surface area contributed by atoms with E-state index in [0.29, 0.717) is 19.8 Å². The second-order valence-electron chi connectivity index (χ2n) is 7.39. The molecule has 1 saturated heterocycles. The van der Waals surface area contributed by atoms with Crippen molar-refractivity contribution in [2.24, 2.45) is 0 Å². The summed E-state index contributed by atoms with van der Waals surface area (Å²) in [6, 6.07) is 15.5. The highest BCUT2D eigenvalue weighted by Crippen LogP contribution is 2.27. The number of benzene rings is 3. The molecular formula is C25H16FIN2O6. The molecule has 0 aliphatic carbocycles. The van der Waals surface area contributed by atoms with Gasteiger partial charge in [0.15, 0.2) is 0 Å². The maximum Gasteiger partial charge on any atom is 0.336 e. The number of halogens is 2. The number of carbonyl (C=O) groups is 4. The van der Waals surface area contributed by atoms with E-state index >= 15 is 0 Å². The van der Waals surface area contributed by atoms with Gasteiger partial charge in [-0.15, -0.1) is 0 Å². The van der Waals surface area contributed by atoms with Crippen LogP contribution in [0.4, 0.5) is 14.9 Å². The summed E-state index contributed by atoms with van der Waals surface area (Å²) in [6.45, 7) is 0.205. The number of carbonyl (C=O) groups excluding carboxylic acids is 3. The Hall–Kier alpha value is -4.06. The zero-order chi connectivity index (χ0) is 25.1. The number of amides is 4. The topological polar surface area (TPSA) is 113 Å². The first-order valence-corrected chi connectivity index (χ1v) is 11.2. The number of nitrogens with one attached hydrogen (secondary N) is 1. The highest BCUT2D eigenvalue weighted by Gasteiger charge is 2.37. The number of carboxylic acids is 1. The van der Waals surface area contributed by atoms with Crippen LogP contribution in [0, 0.1) is 9.39 Å². The summed E-state index contributed by atoms with van der Waals surface area (Å²) in [7, 11) is 0. The predicted molar refractivity (Wildman–Crippen MR) is 132 cm³/mol. The van der Waals surface area contributed by atoms with Gasteiger partial charge in [-0.05, 0) is 76.2 Å². The SMILES string of the molecule is O=C1NC(=O)N(c2ccccc2F)C(=O)/C1=C/c1ccc(OCc2ccc(C(=O)O)cc2)c(I)c1. The van der Waals surface area contributed by atoms with Gasteiger partial charge >= 0.3 is 12.0 Å². The van der Waals surface area contributed by atoms with E-state index in [4.69, 9.17) is 9.84 Å². The second-order valence-corrected chi connectivity index (χ2v) is 8.55. The van der Waals surface area contributed by atoms with Crippen LogP contribution in [-0.4, -0.2) is 28.9 Å². The molecule has 0 atom stereocenters. The summed E-state index contributed by atoms with van der Waals surface area (Å²) >= 11 is 2.04. The van der Waals surface area contributed by atoms with E-state index in [1.165, 1.54) is 36.4 Å². The van der Waals surface area contributed by atoms with Crippen molar-refractivity contribution in [1.82, 2.24) is 5.32 Å². The van der Waals surface area contributed by atoms with Crippen LogP contribution in [0.25, 0.3) is 6.08 Å². The highest BCUT2D eigenvalue weighted by molar-refractivity contribution is 14.1. The maximum absolute atomic E-state index is 14.2. The quantitative estimate of drug-likeness (QED) is 0.252. The summed E-state index contributed by atoms with van der Waals surface area (Å²) < 4.78 is 20.7. The number of carboxylic acid groups (broad SMARTS) is 1. The van der Waals surface area contributed by atoms with Gasteiger partial charge in [-0.1, -0.05) is 30.3 Å². The number of imide groups is 2. The fraction of sp³-hybridized carbons (Fsp3) is 0.0400. The van der Waals surface area contributed by atoms with Gasteiger partial charge in [-0.2, -0.15) is 0 Å². The van der Waals surface area contributed by atoms with E-state index in [9.17, 15) is 23.6 Å². The molecule has 0 saturated carbocycles. The lowest BCUT2D eigenvalue weighted by Crippen LogP contribution is -2.54. The van der Waals surface area contributed by atoms with Crippen molar-refractivity contribution in [2.75, 3.05) is 4.90 Å². The minimum absolute atomic E-state index is 0.178. The third kappa shape index (κ3) is 5.22. The van der Waals surface area contributed by atoms with Gasteiger partial charge in [-0.3, -0.25) is 14.9 Å². The average molecular weight is 586 g/mol. The molecule has 3 aromatic rings. The van der Waals surface area contributed by atoms with Crippen LogP contribution in [0.2, 0.25) is 0 Å². The van der Waals surface area contributed by atoms with Crippen molar-refractivity contribution in [3.8, 4) is 5.75 Å². The molecule has 0 aromatic heterocycles. The summed E-state index contributed by atoms with van der Waals surface area (Å²) in [5, 5.41) is 11.0. The fourth-order valence-electron chi connectivity index (χ4n) is 3.30. The molecule has 0 spiro atoms. The molecule has 176 valence electrons. The molecule has 8 nitrogen and oxygen atoms in total. The van der Waals surface area contributed by atoms with Gasteiger partial charge in [0.1, 0.15) is 23.7 Å². The largest absolute Gasteiger partial charge is 0.488 e. The van der Waals surface area contributed by atoms with E-state index in [1.807, 2.05) is 22.6 Å². The van der Waals surface area contributed by atoms with E-state index in [1.54, 1.807) is 30.3 Å². The number of hydrogen-bond acceptors (Lipinski definition) is 5. The Morgan fingerprint density at radius 1 is 1.06 bits per heavy atom. The molecule has 10 heteroatoms. The minimum Gasteiger partial charge on any atom is -0.488 e. The minimum atomic E-state index is -1.03. The number of hydrogen-bond donors (Lipinski definition) is 2. The lowest BCUT2D eigenvalue weighted by atomic mass is 10.1. The van der Waals surface area contributed by atoms with Crippen molar-refractivity contribution < 1.29 is 33.4 Å². The maximum atomic E-state index is 14.2. The molecular weight excluding hydrogens is 570 g/mol. The normalized spacial score (nSPS) is 14.7. The number of ether oxygens (including phenoxy) is 1. The monoisotopic (exact) mass is 586 g/mol. The van der Waals surface area contributed by atoms with E-state index < -0.39 is 29.6 Å². The average Bonchev–Trinajstić information content (AvgIpc) is 2.82. The number of para-hydroxylation sites is 1. The predicted octanol–water partition coefficient (Wildman–Crippen LogP) is 4.37. The number of urea groups is 1. The van der Waals surface area contributed by atoms with Crippen LogP contribution in [-0.2, 0) is 16.2 Å². The Labute approximate surface area is 212 Å². The molecule has 4 amide bonds. The molecule has 0 radical (unpaired) electrons. The highest BCUT2D eigenvalue weighted by atomic mass is 127. The first-order chi connectivity index (χ1) is 16.7. The van der Waals surface area contributed by atoms with Crippen LogP contribution in [0.15, 0.2) is 72.3 Å². The van der Waals surface area contributed by atoms with Crippen molar-refractivity contribution >= 4 is 58.2 Å². The molecule has 1 fully saturated rings. The standard InChI is InChI=1S/C25H16FIN2O6/c26-18-3-1-2-4-20(18)29-23(31)17(22(30)28-25(29)34)11-15-7-10-21(19(27)12-15)35-13-14-5-8-16(9-6-14)24(32)33/h1-12H,13H2,(H,32,33)(H,28,30,34)/b17-11+. The summed E-state index contributed by atoms with van der Waals surface area (Å²) in [4.78, 5) is 49.1. The number of barbiturate groups is 1. The number of anilines is 1. The number of rotatable bonds is 6. The van der Waals surface area contributed by atoms with Crippen LogP contribution in [0.5, 0.6) is 5.75 Å². The third-order valence-corrected chi connectivity index (χ3v) is 5.90. The first-order valence-electron chi connectivity index (χ1n) is 10.1.